The van der Waals surface area contributed by atoms with Gasteiger partial charge in [0.2, 0.25) is 0 Å². The highest BCUT2D eigenvalue weighted by Crippen LogP contribution is 2.21. The number of nitrogens with zero attached hydrogens (tertiary/aromatic N) is 3. The van der Waals surface area contributed by atoms with Crippen LogP contribution in [0.1, 0.15) is 52.4 Å². The molecule has 21 heavy (non-hydrogen) atoms. The van der Waals surface area contributed by atoms with Crippen LogP contribution in [0.2, 0.25) is 0 Å². The lowest BCUT2D eigenvalue weighted by Crippen LogP contribution is -2.42. The number of likely N-dealkylation sites (tertiary alicyclic amines) is 2. The van der Waals surface area contributed by atoms with Crippen molar-refractivity contribution in [3.63, 3.8) is 0 Å². The Morgan fingerprint density at radius 2 is 2.00 bits per heavy atom. The third-order valence-corrected chi connectivity index (χ3v) is 5.12. The molecule has 4 heteroatoms. The molecule has 120 valence electrons. The molecular formula is C17H32N4. The summed E-state index contributed by atoms with van der Waals surface area (Å²) in [5.41, 5.74) is -0.346. The molecule has 2 aliphatic heterocycles. The summed E-state index contributed by atoms with van der Waals surface area (Å²) in [7, 11) is 0. The van der Waals surface area contributed by atoms with Gasteiger partial charge in [-0.15, -0.1) is 0 Å². The van der Waals surface area contributed by atoms with Crippen molar-refractivity contribution in [2.75, 3.05) is 39.3 Å². The maximum atomic E-state index is 9.29. The van der Waals surface area contributed by atoms with Crippen molar-refractivity contribution in [2.24, 2.45) is 0 Å². The number of hydrogen-bond acceptors (Lipinski definition) is 4. The average molecular weight is 292 g/mol. The summed E-state index contributed by atoms with van der Waals surface area (Å²) in [4.78, 5) is 5.31. The van der Waals surface area contributed by atoms with Crippen molar-refractivity contribution in [3.8, 4) is 6.07 Å². The lowest BCUT2D eigenvalue weighted by Gasteiger charge is -2.32. The Hall–Kier alpha value is -0.630. The number of rotatable bonds is 7. The van der Waals surface area contributed by atoms with E-state index in [1.807, 2.05) is 6.92 Å². The van der Waals surface area contributed by atoms with Crippen LogP contribution < -0.4 is 5.32 Å². The fourth-order valence-corrected chi connectivity index (χ4v) is 3.83. The molecule has 2 heterocycles. The van der Waals surface area contributed by atoms with E-state index in [0.717, 1.165) is 32.0 Å². The van der Waals surface area contributed by atoms with Crippen LogP contribution in [0.3, 0.4) is 0 Å². The normalized spacial score (nSPS) is 27.4. The summed E-state index contributed by atoms with van der Waals surface area (Å²) in [6.45, 7) is 11.2. The van der Waals surface area contributed by atoms with Gasteiger partial charge >= 0.3 is 0 Å². The first kappa shape index (κ1) is 16.7. The molecular weight excluding hydrogens is 260 g/mol. The second-order valence-corrected chi connectivity index (χ2v) is 6.92. The number of nitriles is 1. The molecule has 0 spiro atoms. The van der Waals surface area contributed by atoms with Gasteiger partial charge in [0.15, 0.2) is 0 Å². The van der Waals surface area contributed by atoms with Crippen LogP contribution in [0.25, 0.3) is 0 Å². The number of piperidine rings is 1. The van der Waals surface area contributed by atoms with Crippen LogP contribution in [0.15, 0.2) is 0 Å². The molecule has 2 fully saturated rings. The zero-order chi connectivity index (χ0) is 15.1. The zero-order valence-corrected chi connectivity index (χ0v) is 13.9. The molecule has 0 bridgehead atoms. The summed E-state index contributed by atoms with van der Waals surface area (Å²) in [5, 5.41) is 12.6. The van der Waals surface area contributed by atoms with Crippen molar-refractivity contribution >= 4 is 0 Å². The van der Waals surface area contributed by atoms with E-state index in [2.05, 4.69) is 28.1 Å². The number of nitrogens with one attached hydrogen (secondary N) is 1. The minimum atomic E-state index is -0.346. The Balaban J connectivity index is 1.67. The van der Waals surface area contributed by atoms with Gasteiger partial charge in [0, 0.05) is 12.6 Å². The molecule has 4 nitrogen and oxygen atoms in total. The largest absolute Gasteiger partial charge is 0.302 e. The molecule has 0 amide bonds. The Bertz CT molecular complexity index is 345. The Morgan fingerprint density at radius 1 is 1.24 bits per heavy atom. The van der Waals surface area contributed by atoms with E-state index < -0.39 is 0 Å². The average Bonchev–Trinajstić information content (AvgIpc) is 2.97. The van der Waals surface area contributed by atoms with Crippen LogP contribution in [-0.4, -0.2) is 60.6 Å². The Labute approximate surface area is 130 Å². The predicted octanol–water partition coefficient (Wildman–Crippen LogP) is 2.22. The second kappa shape index (κ2) is 8.12. The van der Waals surface area contributed by atoms with E-state index in [4.69, 9.17) is 0 Å². The minimum Gasteiger partial charge on any atom is -0.302 e. The van der Waals surface area contributed by atoms with Gasteiger partial charge < -0.3 is 4.90 Å². The molecule has 0 aromatic rings. The summed E-state index contributed by atoms with van der Waals surface area (Å²) in [6, 6.07) is 3.22. The maximum absolute atomic E-state index is 9.29. The summed E-state index contributed by atoms with van der Waals surface area (Å²) < 4.78 is 0. The van der Waals surface area contributed by atoms with E-state index in [1.54, 1.807) is 0 Å². The molecule has 0 saturated carbocycles. The van der Waals surface area contributed by atoms with Crippen molar-refractivity contribution < 1.29 is 0 Å². The molecule has 0 aromatic carbocycles. The van der Waals surface area contributed by atoms with Crippen molar-refractivity contribution in [1.29, 1.82) is 5.26 Å². The van der Waals surface area contributed by atoms with E-state index in [9.17, 15) is 5.26 Å². The zero-order valence-electron chi connectivity index (χ0n) is 13.9. The number of hydrogen-bond donors (Lipinski definition) is 1. The standard InChI is InChI=1S/C17H32N4/c1-3-19-17(2,15-18)9-7-10-20-13-8-16(14-20)21-11-5-4-6-12-21/h16,19H,3-14H2,1-2H3. The maximum Gasteiger partial charge on any atom is 0.103 e. The topological polar surface area (TPSA) is 42.3 Å². The van der Waals surface area contributed by atoms with Crippen LogP contribution in [0.5, 0.6) is 0 Å². The van der Waals surface area contributed by atoms with E-state index in [-0.39, 0.29) is 5.54 Å². The van der Waals surface area contributed by atoms with Crippen LogP contribution in [0.4, 0.5) is 0 Å². The molecule has 0 aliphatic carbocycles. The van der Waals surface area contributed by atoms with Gasteiger partial charge in [-0.05, 0) is 71.8 Å². The predicted molar refractivity (Wildman–Crippen MR) is 87.2 cm³/mol. The van der Waals surface area contributed by atoms with Crippen molar-refractivity contribution in [3.05, 3.63) is 0 Å². The van der Waals surface area contributed by atoms with Gasteiger partial charge in [0.05, 0.1) is 6.07 Å². The van der Waals surface area contributed by atoms with Gasteiger partial charge in [-0.2, -0.15) is 5.26 Å². The quantitative estimate of drug-likeness (QED) is 0.781. The highest BCUT2D eigenvalue weighted by Gasteiger charge is 2.29. The van der Waals surface area contributed by atoms with Gasteiger partial charge in [-0.25, -0.2) is 0 Å². The first-order valence-electron chi connectivity index (χ1n) is 8.79. The first-order chi connectivity index (χ1) is 10.2. The summed E-state index contributed by atoms with van der Waals surface area (Å²) in [5.74, 6) is 0. The lowest BCUT2D eigenvalue weighted by molar-refractivity contribution is 0.161. The van der Waals surface area contributed by atoms with Gasteiger partial charge in [0.25, 0.3) is 0 Å². The molecule has 2 saturated heterocycles. The third-order valence-electron chi connectivity index (χ3n) is 5.12. The van der Waals surface area contributed by atoms with Crippen LogP contribution >= 0.6 is 0 Å². The SMILES string of the molecule is CCNC(C)(C#N)CCCN1CCC(N2CCCCC2)C1. The van der Waals surface area contributed by atoms with Gasteiger partial charge in [-0.1, -0.05) is 13.3 Å². The molecule has 2 rings (SSSR count). The highest BCUT2D eigenvalue weighted by molar-refractivity contribution is 5.03. The van der Waals surface area contributed by atoms with E-state index in [0.29, 0.717) is 0 Å². The van der Waals surface area contributed by atoms with Crippen LogP contribution in [0, 0.1) is 11.3 Å². The van der Waals surface area contributed by atoms with Crippen molar-refractivity contribution in [2.45, 2.75) is 64.0 Å². The van der Waals surface area contributed by atoms with Gasteiger partial charge in [0.1, 0.15) is 5.54 Å². The summed E-state index contributed by atoms with van der Waals surface area (Å²) in [6.07, 6.45) is 7.60. The molecule has 2 aliphatic rings. The molecule has 0 radical (unpaired) electrons. The molecule has 2 unspecified atom stereocenters. The van der Waals surface area contributed by atoms with Crippen molar-refractivity contribution in [1.82, 2.24) is 15.1 Å². The molecule has 1 N–H and O–H groups in total. The monoisotopic (exact) mass is 292 g/mol. The fourth-order valence-electron chi connectivity index (χ4n) is 3.83. The fraction of sp³-hybridized carbons (Fsp3) is 0.941. The summed E-state index contributed by atoms with van der Waals surface area (Å²) >= 11 is 0. The Morgan fingerprint density at radius 3 is 2.67 bits per heavy atom. The molecule has 0 aromatic heterocycles. The first-order valence-corrected chi connectivity index (χ1v) is 8.79. The smallest absolute Gasteiger partial charge is 0.103 e. The van der Waals surface area contributed by atoms with E-state index >= 15 is 0 Å². The molecule has 2 atom stereocenters. The third kappa shape index (κ3) is 4.95. The lowest BCUT2D eigenvalue weighted by atomic mass is 9.97. The highest BCUT2D eigenvalue weighted by atomic mass is 15.3. The Kier molecular flexibility index (Phi) is 6.47. The van der Waals surface area contributed by atoms with E-state index in [1.165, 1.54) is 51.9 Å². The van der Waals surface area contributed by atoms with Gasteiger partial charge in [-0.3, -0.25) is 10.2 Å². The minimum absolute atomic E-state index is 0.346. The van der Waals surface area contributed by atoms with Crippen LogP contribution in [-0.2, 0) is 0 Å². The second-order valence-electron chi connectivity index (χ2n) is 6.92.